The van der Waals surface area contributed by atoms with E-state index in [1.54, 1.807) is 6.92 Å². The van der Waals surface area contributed by atoms with Crippen LogP contribution in [0.2, 0.25) is 0 Å². The minimum Gasteiger partial charge on any atom is -0.300 e. The summed E-state index contributed by atoms with van der Waals surface area (Å²) in [6, 6.07) is 0. The Balaban J connectivity index is 2.47. The van der Waals surface area contributed by atoms with Crippen LogP contribution >= 0.6 is 11.6 Å². The lowest BCUT2D eigenvalue weighted by molar-refractivity contribution is -0.121. The van der Waals surface area contributed by atoms with E-state index in [4.69, 9.17) is 11.6 Å². The summed E-state index contributed by atoms with van der Waals surface area (Å²) in [5.41, 5.74) is 0. The monoisotopic (exact) mass is 160 g/mol. The van der Waals surface area contributed by atoms with Crippen LogP contribution in [0.15, 0.2) is 0 Å². The SMILES string of the molecule is CC(=O)[C@H]1CCCC[C@@H]1Cl. The Hall–Kier alpha value is -0.0400. The third-order valence-corrected chi connectivity index (χ3v) is 2.73. The topological polar surface area (TPSA) is 17.1 Å². The highest BCUT2D eigenvalue weighted by Gasteiger charge is 2.26. The van der Waals surface area contributed by atoms with Gasteiger partial charge in [-0.05, 0) is 19.8 Å². The molecular weight excluding hydrogens is 148 g/mol. The fourth-order valence-corrected chi connectivity index (χ4v) is 2.00. The number of halogens is 1. The van der Waals surface area contributed by atoms with Gasteiger partial charge in [0.25, 0.3) is 0 Å². The average Bonchev–Trinajstić information content (AvgIpc) is 1.88. The molecule has 0 bridgehead atoms. The zero-order chi connectivity index (χ0) is 7.56. The standard InChI is InChI=1S/C8H13ClO/c1-6(10)7-4-2-3-5-8(7)9/h7-8H,2-5H2,1H3/t7-,8+/m1/s1. The molecule has 0 saturated heterocycles. The van der Waals surface area contributed by atoms with Gasteiger partial charge < -0.3 is 0 Å². The molecule has 1 aliphatic carbocycles. The molecule has 10 heavy (non-hydrogen) atoms. The number of ketones is 1. The van der Waals surface area contributed by atoms with E-state index in [9.17, 15) is 4.79 Å². The Morgan fingerprint density at radius 3 is 2.40 bits per heavy atom. The molecule has 2 heteroatoms. The van der Waals surface area contributed by atoms with Gasteiger partial charge >= 0.3 is 0 Å². The van der Waals surface area contributed by atoms with Crippen LogP contribution in [0, 0.1) is 5.92 Å². The van der Waals surface area contributed by atoms with E-state index in [0.29, 0.717) is 0 Å². The lowest BCUT2D eigenvalue weighted by atomic mass is 9.86. The smallest absolute Gasteiger partial charge is 0.134 e. The molecule has 1 nitrogen and oxygen atoms in total. The molecule has 1 rings (SSSR count). The summed E-state index contributed by atoms with van der Waals surface area (Å²) < 4.78 is 0. The summed E-state index contributed by atoms with van der Waals surface area (Å²) in [4.78, 5) is 10.9. The number of carbonyl (C=O) groups excluding carboxylic acids is 1. The molecule has 0 spiro atoms. The molecule has 0 radical (unpaired) electrons. The van der Waals surface area contributed by atoms with Crippen LogP contribution in [0.25, 0.3) is 0 Å². The lowest BCUT2D eigenvalue weighted by Crippen LogP contribution is -2.25. The van der Waals surface area contributed by atoms with Crippen LogP contribution in [0.1, 0.15) is 32.6 Å². The van der Waals surface area contributed by atoms with Crippen molar-refractivity contribution in [2.45, 2.75) is 38.0 Å². The van der Waals surface area contributed by atoms with Crippen molar-refractivity contribution in [2.24, 2.45) is 5.92 Å². The second kappa shape index (κ2) is 3.38. The second-order valence-electron chi connectivity index (χ2n) is 3.02. The molecule has 0 unspecified atom stereocenters. The number of rotatable bonds is 1. The molecule has 58 valence electrons. The van der Waals surface area contributed by atoms with Crippen molar-refractivity contribution in [1.82, 2.24) is 0 Å². The maximum Gasteiger partial charge on any atom is 0.134 e. The van der Waals surface area contributed by atoms with Crippen LogP contribution in [0.5, 0.6) is 0 Å². The number of hydrogen-bond acceptors (Lipinski definition) is 1. The van der Waals surface area contributed by atoms with E-state index < -0.39 is 0 Å². The van der Waals surface area contributed by atoms with Gasteiger partial charge in [0, 0.05) is 11.3 Å². The summed E-state index contributed by atoms with van der Waals surface area (Å²) in [6.45, 7) is 1.64. The summed E-state index contributed by atoms with van der Waals surface area (Å²) in [6.07, 6.45) is 4.39. The van der Waals surface area contributed by atoms with Gasteiger partial charge in [-0.15, -0.1) is 11.6 Å². The summed E-state index contributed by atoms with van der Waals surface area (Å²) in [5, 5.41) is 0.117. The fourth-order valence-electron chi connectivity index (χ4n) is 1.54. The Morgan fingerprint density at radius 1 is 1.40 bits per heavy atom. The zero-order valence-electron chi connectivity index (χ0n) is 6.27. The minimum absolute atomic E-state index is 0.117. The molecule has 0 aromatic heterocycles. The highest BCUT2D eigenvalue weighted by atomic mass is 35.5. The van der Waals surface area contributed by atoms with E-state index >= 15 is 0 Å². The first-order valence-electron chi connectivity index (χ1n) is 3.86. The maximum atomic E-state index is 10.9. The lowest BCUT2D eigenvalue weighted by Gasteiger charge is -2.24. The fraction of sp³-hybridized carbons (Fsp3) is 0.875. The van der Waals surface area contributed by atoms with Gasteiger partial charge in [0.1, 0.15) is 5.78 Å². The summed E-state index contributed by atoms with van der Waals surface area (Å²) in [7, 11) is 0. The van der Waals surface area contributed by atoms with Crippen LogP contribution < -0.4 is 0 Å². The predicted molar refractivity (Wildman–Crippen MR) is 42.3 cm³/mol. The number of carbonyl (C=O) groups is 1. The molecule has 0 N–H and O–H groups in total. The third kappa shape index (κ3) is 1.72. The van der Waals surface area contributed by atoms with Gasteiger partial charge in [-0.3, -0.25) is 4.79 Å². The number of alkyl halides is 1. The maximum absolute atomic E-state index is 10.9. The number of hydrogen-bond donors (Lipinski definition) is 0. The first-order valence-corrected chi connectivity index (χ1v) is 4.30. The number of Topliss-reactive ketones (excluding diaryl/α,β-unsaturated/α-hetero) is 1. The first kappa shape index (κ1) is 8.06. The van der Waals surface area contributed by atoms with E-state index in [0.717, 1.165) is 12.8 Å². The van der Waals surface area contributed by atoms with Crippen molar-refractivity contribution in [3.05, 3.63) is 0 Å². The van der Waals surface area contributed by atoms with Crippen molar-refractivity contribution >= 4 is 17.4 Å². The molecule has 0 aromatic carbocycles. The Morgan fingerprint density at radius 2 is 2.00 bits per heavy atom. The summed E-state index contributed by atoms with van der Waals surface area (Å²) >= 11 is 5.96. The van der Waals surface area contributed by atoms with Gasteiger partial charge in [0.05, 0.1) is 0 Å². The second-order valence-corrected chi connectivity index (χ2v) is 3.58. The van der Waals surface area contributed by atoms with Crippen LogP contribution in [-0.2, 0) is 4.79 Å². The predicted octanol–water partition coefficient (Wildman–Crippen LogP) is 2.37. The van der Waals surface area contributed by atoms with Crippen molar-refractivity contribution in [3.63, 3.8) is 0 Å². The quantitative estimate of drug-likeness (QED) is 0.539. The largest absolute Gasteiger partial charge is 0.300 e. The van der Waals surface area contributed by atoms with E-state index in [-0.39, 0.29) is 17.1 Å². The van der Waals surface area contributed by atoms with Gasteiger partial charge in [-0.25, -0.2) is 0 Å². The highest BCUT2D eigenvalue weighted by molar-refractivity contribution is 6.22. The Bertz CT molecular complexity index is 133. The molecule has 1 aliphatic rings. The van der Waals surface area contributed by atoms with Gasteiger partial charge in [0.15, 0.2) is 0 Å². The molecule has 1 fully saturated rings. The normalized spacial score (nSPS) is 33.8. The van der Waals surface area contributed by atoms with E-state index in [1.807, 2.05) is 0 Å². The third-order valence-electron chi connectivity index (χ3n) is 2.20. The molecule has 0 amide bonds. The molecular formula is C8H13ClO. The Kier molecular flexibility index (Phi) is 2.72. The van der Waals surface area contributed by atoms with E-state index in [1.165, 1.54) is 12.8 Å². The van der Waals surface area contributed by atoms with Gasteiger partial charge in [-0.1, -0.05) is 12.8 Å². The minimum atomic E-state index is 0.117. The zero-order valence-corrected chi connectivity index (χ0v) is 7.03. The molecule has 2 atom stereocenters. The Labute approximate surface area is 66.8 Å². The van der Waals surface area contributed by atoms with Gasteiger partial charge in [-0.2, -0.15) is 0 Å². The van der Waals surface area contributed by atoms with Crippen molar-refractivity contribution in [2.75, 3.05) is 0 Å². The molecule has 0 aliphatic heterocycles. The highest BCUT2D eigenvalue weighted by Crippen LogP contribution is 2.28. The van der Waals surface area contributed by atoms with Crippen molar-refractivity contribution < 1.29 is 4.79 Å². The van der Waals surface area contributed by atoms with Crippen molar-refractivity contribution in [1.29, 1.82) is 0 Å². The first-order chi connectivity index (χ1) is 4.72. The molecule has 0 aromatic rings. The van der Waals surface area contributed by atoms with Crippen LogP contribution in [-0.4, -0.2) is 11.2 Å². The molecule has 0 heterocycles. The average molecular weight is 161 g/mol. The molecule has 1 saturated carbocycles. The van der Waals surface area contributed by atoms with Crippen LogP contribution in [0.4, 0.5) is 0 Å². The van der Waals surface area contributed by atoms with Gasteiger partial charge in [0.2, 0.25) is 0 Å². The van der Waals surface area contributed by atoms with Crippen molar-refractivity contribution in [3.8, 4) is 0 Å². The van der Waals surface area contributed by atoms with E-state index in [2.05, 4.69) is 0 Å². The van der Waals surface area contributed by atoms with Crippen LogP contribution in [0.3, 0.4) is 0 Å². The summed E-state index contributed by atoms with van der Waals surface area (Å²) in [5.74, 6) is 0.412.